The van der Waals surface area contributed by atoms with Crippen LogP contribution in [0.1, 0.15) is 63.5 Å². The molecule has 0 radical (unpaired) electrons. The zero-order valence-corrected chi connectivity index (χ0v) is 20.3. The molecule has 3 aliphatic carbocycles. The van der Waals surface area contributed by atoms with E-state index in [2.05, 4.69) is 15.0 Å². The molecule has 1 aliphatic heterocycles. The number of aliphatic hydroxyl groups excluding tert-OH is 2. The average molecular weight is 489 g/mol. The monoisotopic (exact) mass is 488 g/mol. The number of ether oxygens (including phenoxy) is 1. The normalized spacial score (nSPS) is 38.7. The van der Waals surface area contributed by atoms with Crippen LogP contribution >= 0.6 is 0 Å². The second-order valence-electron chi connectivity index (χ2n) is 11.1. The number of rotatable bonds is 4. The number of hydrogen-bond acceptors (Lipinski definition) is 7. The zero-order valence-electron chi connectivity index (χ0n) is 20.3. The van der Waals surface area contributed by atoms with E-state index in [1.807, 2.05) is 11.8 Å². The summed E-state index contributed by atoms with van der Waals surface area (Å²) < 4.78 is 36.5. The summed E-state index contributed by atoms with van der Waals surface area (Å²) in [5.74, 6) is -0.0526. The van der Waals surface area contributed by atoms with Crippen molar-refractivity contribution >= 4 is 16.7 Å². The van der Waals surface area contributed by atoms with Gasteiger partial charge in [-0.3, -0.25) is 4.98 Å². The van der Waals surface area contributed by atoms with Crippen molar-refractivity contribution in [2.75, 3.05) is 18.6 Å². The molecule has 0 amide bonds. The van der Waals surface area contributed by atoms with Crippen LogP contribution in [-0.4, -0.2) is 63.2 Å². The zero-order chi connectivity index (χ0) is 24.4. The summed E-state index contributed by atoms with van der Waals surface area (Å²) >= 11 is 0. The first-order valence-corrected chi connectivity index (χ1v) is 13.1. The first-order chi connectivity index (χ1) is 16.9. The van der Waals surface area contributed by atoms with Crippen LogP contribution in [0.4, 0.5) is 14.6 Å². The van der Waals surface area contributed by atoms with Gasteiger partial charge in [-0.15, -0.1) is 0 Å². The Hall–Kier alpha value is -2.13. The minimum Gasteiger partial charge on any atom is -0.467 e. The van der Waals surface area contributed by atoms with Crippen LogP contribution in [0.15, 0.2) is 6.20 Å². The Morgan fingerprint density at radius 3 is 2.69 bits per heavy atom. The van der Waals surface area contributed by atoms with Crippen LogP contribution < -0.4 is 9.64 Å². The maximum atomic E-state index is 16.3. The van der Waals surface area contributed by atoms with Gasteiger partial charge < -0.3 is 19.8 Å². The fourth-order valence-electron chi connectivity index (χ4n) is 7.83. The van der Waals surface area contributed by atoms with Crippen molar-refractivity contribution in [2.24, 2.45) is 23.7 Å². The predicted octanol–water partition coefficient (Wildman–Crippen LogP) is 3.76. The summed E-state index contributed by atoms with van der Waals surface area (Å²) in [5.41, 5.74) is 0.389. The van der Waals surface area contributed by atoms with Gasteiger partial charge in [0.1, 0.15) is 17.5 Å². The Balaban J connectivity index is 1.45. The van der Waals surface area contributed by atoms with E-state index in [1.54, 1.807) is 6.20 Å². The third-order valence-electron chi connectivity index (χ3n) is 9.28. The number of halogens is 2. The van der Waals surface area contributed by atoms with Crippen molar-refractivity contribution in [3.05, 3.63) is 17.7 Å². The average Bonchev–Trinajstić information content (AvgIpc) is 3.43. The standard InChI is InChI=1S/C26H34F2N4O3/c1-3-15-18(27)5-4-13-8-14(33)9-16(21(13)15)23-22(28)24-17(10-29-23)25(31-26(30-24)35-2)32-11-12-6-19(32)20(34)7-12/h10,12-16,18-21,33-34H,3-9,11H2,1-2H3. The van der Waals surface area contributed by atoms with Gasteiger partial charge in [0.25, 0.3) is 0 Å². The highest BCUT2D eigenvalue weighted by molar-refractivity contribution is 5.90. The third-order valence-corrected chi connectivity index (χ3v) is 9.28. The molecule has 3 saturated carbocycles. The van der Waals surface area contributed by atoms with E-state index in [0.29, 0.717) is 49.2 Å². The molecule has 190 valence electrons. The van der Waals surface area contributed by atoms with E-state index in [1.165, 1.54) is 7.11 Å². The fraction of sp³-hybridized carbons (Fsp3) is 0.731. The molecule has 2 aromatic rings. The van der Waals surface area contributed by atoms with E-state index >= 15 is 4.39 Å². The van der Waals surface area contributed by atoms with Crippen LogP contribution in [0.25, 0.3) is 10.9 Å². The Labute approximate surface area is 203 Å². The highest BCUT2D eigenvalue weighted by atomic mass is 19.1. The van der Waals surface area contributed by atoms with Gasteiger partial charge in [-0.25, -0.2) is 8.78 Å². The number of aliphatic hydroxyl groups is 2. The molecule has 9 heteroatoms. The molecule has 4 fully saturated rings. The lowest BCUT2D eigenvalue weighted by molar-refractivity contribution is -0.0301. The predicted molar refractivity (Wildman–Crippen MR) is 127 cm³/mol. The molecule has 3 heterocycles. The SMILES string of the molecule is CCC1C(F)CCC2CC(O)CC(c3ncc4c(N5CC6CC(O)C5C6)nc(OC)nc4c3F)C21. The summed E-state index contributed by atoms with van der Waals surface area (Å²) in [5, 5.41) is 21.6. The van der Waals surface area contributed by atoms with Gasteiger partial charge in [0.2, 0.25) is 0 Å². The summed E-state index contributed by atoms with van der Waals surface area (Å²) in [6.45, 7) is 2.74. The van der Waals surface area contributed by atoms with Gasteiger partial charge in [0.05, 0.1) is 36.4 Å². The molecule has 9 atom stereocenters. The number of anilines is 1. The van der Waals surface area contributed by atoms with Gasteiger partial charge >= 0.3 is 6.01 Å². The molecular weight excluding hydrogens is 454 g/mol. The number of nitrogens with zero attached hydrogens (tertiary/aromatic N) is 4. The molecule has 4 aliphatic rings. The van der Waals surface area contributed by atoms with Gasteiger partial charge in [-0.05, 0) is 62.2 Å². The number of piperidine rings is 1. The molecule has 2 bridgehead atoms. The van der Waals surface area contributed by atoms with E-state index in [0.717, 1.165) is 19.4 Å². The van der Waals surface area contributed by atoms with Crippen LogP contribution in [0.3, 0.4) is 0 Å². The highest BCUT2D eigenvalue weighted by Crippen LogP contribution is 2.53. The molecule has 1 saturated heterocycles. The van der Waals surface area contributed by atoms with Crippen LogP contribution in [-0.2, 0) is 0 Å². The summed E-state index contributed by atoms with van der Waals surface area (Å²) in [7, 11) is 1.45. The molecule has 2 N–H and O–H groups in total. The van der Waals surface area contributed by atoms with Crippen LogP contribution in [0, 0.1) is 29.5 Å². The molecular formula is C26H34F2N4O3. The van der Waals surface area contributed by atoms with Gasteiger partial charge in [-0.1, -0.05) is 13.3 Å². The lowest BCUT2D eigenvalue weighted by Gasteiger charge is -2.48. The second-order valence-corrected chi connectivity index (χ2v) is 11.1. The van der Waals surface area contributed by atoms with Crippen molar-refractivity contribution in [2.45, 2.75) is 82.2 Å². The number of fused-ring (bicyclic) bond motifs is 4. The maximum Gasteiger partial charge on any atom is 0.318 e. The highest BCUT2D eigenvalue weighted by Gasteiger charge is 2.49. The number of methoxy groups -OCH3 is 1. The summed E-state index contributed by atoms with van der Waals surface area (Å²) in [4.78, 5) is 15.5. The number of pyridine rings is 1. The first-order valence-electron chi connectivity index (χ1n) is 13.1. The van der Waals surface area contributed by atoms with E-state index in [9.17, 15) is 14.6 Å². The fourth-order valence-corrected chi connectivity index (χ4v) is 7.83. The first kappa shape index (κ1) is 23.3. The lowest BCUT2D eigenvalue weighted by Crippen LogP contribution is -2.45. The topological polar surface area (TPSA) is 91.6 Å². The van der Waals surface area contributed by atoms with Crippen molar-refractivity contribution in [3.63, 3.8) is 0 Å². The van der Waals surface area contributed by atoms with E-state index in [-0.39, 0.29) is 46.9 Å². The van der Waals surface area contributed by atoms with Crippen LogP contribution in [0.2, 0.25) is 0 Å². The van der Waals surface area contributed by atoms with Crippen LogP contribution in [0.5, 0.6) is 6.01 Å². The Kier molecular flexibility index (Phi) is 5.83. The number of aromatic nitrogens is 3. The number of hydrogen-bond donors (Lipinski definition) is 2. The molecule has 0 aromatic carbocycles. The van der Waals surface area contributed by atoms with E-state index in [4.69, 9.17) is 4.74 Å². The molecule has 2 aromatic heterocycles. The smallest absolute Gasteiger partial charge is 0.318 e. The second kappa shape index (κ2) is 8.76. The Morgan fingerprint density at radius 1 is 1.14 bits per heavy atom. The Morgan fingerprint density at radius 2 is 1.97 bits per heavy atom. The maximum absolute atomic E-state index is 16.3. The number of alkyl halides is 1. The third kappa shape index (κ3) is 3.68. The quantitative estimate of drug-likeness (QED) is 0.677. The largest absolute Gasteiger partial charge is 0.467 e. The lowest BCUT2D eigenvalue weighted by atomic mass is 9.58. The molecule has 6 rings (SSSR count). The van der Waals surface area contributed by atoms with Gasteiger partial charge in [0.15, 0.2) is 5.82 Å². The summed E-state index contributed by atoms with van der Waals surface area (Å²) in [6, 6.07) is 0.00382. The van der Waals surface area contributed by atoms with Crippen molar-refractivity contribution in [1.29, 1.82) is 0 Å². The molecule has 35 heavy (non-hydrogen) atoms. The van der Waals surface area contributed by atoms with E-state index < -0.39 is 24.2 Å². The van der Waals surface area contributed by atoms with Gasteiger partial charge in [0, 0.05) is 18.7 Å². The van der Waals surface area contributed by atoms with Crippen molar-refractivity contribution < 1.29 is 23.7 Å². The summed E-state index contributed by atoms with van der Waals surface area (Å²) in [6.07, 6.45) is 4.29. The molecule has 7 nitrogen and oxygen atoms in total. The minimum absolute atomic E-state index is 0.0562. The minimum atomic E-state index is -0.909. The van der Waals surface area contributed by atoms with Gasteiger partial charge in [-0.2, -0.15) is 9.97 Å². The Bertz CT molecular complexity index is 1120. The molecule has 0 spiro atoms. The van der Waals surface area contributed by atoms with Crippen molar-refractivity contribution in [1.82, 2.24) is 15.0 Å². The molecule has 9 unspecified atom stereocenters. The van der Waals surface area contributed by atoms with Crippen molar-refractivity contribution in [3.8, 4) is 6.01 Å².